The summed E-state index contributed by atoms with van der Waals surface area (Å²) in [7, 11) is 0. The first kappa shape index (κ1) is 29.9. The number of aryl methyl sites for hydroxylation is 1. The van der Waals surface area contributed by atoms with Crippen molar-refractivity contribution in [1.82, 2.24) is 5.32 Å². The van der Waals surface area contributed by atoms with Crippen molar-refractivity contribution in [3.8, 4) is 5.75 Å². The lowest BCUT2D eigenvalue weighted by atomic mass is 9.85. The van der Waals surface area contributed by atoms with Crippen LogP contribution in [0, 0.1) is 0 Å². The number of amides is 1. The van der Waals surface area contributed by atoms with E-state index in [9.17, 15) is 4.79 Å². The molecule has 0 aliphatic rings. The van der Waals surface area contributed by atoms with Crippen LogP contribution in [-0.4, -0.2) is 12.5 Å². The average molecular weight is 496 g/mol. The second-order valence-electron chi connectivity index (χ2n) is 11.1. The fraction of sp³-hybridized carbons (Fsp3) is 0.625. The molecule has 1 heterocycles. The maximum atomic E-state index is 13.0. The van der Waals surface area contributed by atoms with Crippen molar-refractivity contribution in [2.75, 3.05) is 6.61 Å². The maximum Gasteiger partial charge on any atom is 0.251 e. The Labute approximate surface area is 220 Å². The van der Waals surface area contributed by atoms with Gasteiger partial charge in [-0.3, -0.25) is 4.79 Å². The number of benzene rings is 1. The Kier molecular flexibility index (Phi) is 13.6. The van der Waals surface area contributed by atoms with Gasteiger partial charge in [-0.1, -0.05) is 98.5 Å². The highest BCUT2D eigenvalue weighted by atomic mass is 16.5. The molecule has 4 heteroatoms. The summed E-state index contributed by atoms with van der Waals surface area (Å²) in [5, 5.41) is 3.10. The van der Waals surface area contributed by atoms with Crippen molar-refractivity contribution in [1.29, 1.82) is 0 Å². The van der Waals surface area contributed by atoms with Crippen molar-refractivity contribution in [2.45, 2.75) is 124 Å². The second-order valence-corrected chi connectivity index (χ2v) is 11.1. The molecule has 1 aromatic heterocycles. The molecule has 1 amide bonds. The third kappa shape index (κ3) is 10.7. The second kappa shape index (κ2) is 16.4. The van der Waals surface area contributed by atoms with E-state index in [-0.39, 0.29) is 11.3 Å². The molecule has 0 aliphatic carbocycles. The Balaban J connectivity index is 1.84. The van der Waals surface area contributed by atoms with E-state index in [1.165, 1.54) is 57.8 Å². The first-order valence-electron chi connectivity index (χ1n) is 14.4. The van der Waals surface area contributed by atoms with Gasteiger partial charge in [0.05, 0.1) is 6.61 Å². The van der Waals surface area contributed by atoms with Gasteiger partial charge in [0.25, 0.3) is 5.91 Å². The van der Waals surface area contributed by atoms with Crippen LogP contribution < -0.4 is 14.6 Å². The van der Waals surface area contributed by atoms with Gasteiger partial charge in [-0.2, -0.15) is 0 Å². The molecular formula is C32H51N2O2+. The first-order chi connectivity index (χ1) is 17.4. The molecule has 36 heavy (non-hydrogen) atoms. The number of ether oxygens (including phenoxy) is 1. The molecule has 0 spiro atoms. The van der Waals surface area contributed by atoms with Gasteiger partial charge in [-0.25, -0.2) is 4.57 Å². The SMILES string of the molecule is CCCCCCCCCCCCOc1ccc(C(=O)NCc2cccc[n+]2CCC)cc1C(C)(C)C. The predicted molar refractivity (Wildman–Crippen MR) is 151 cm³/mol. The minimum Gasteiger partial charge on any atom is -0.493 e. The normalized spacial score (nSPS) is 11.5. The lowest BCUT2D eigenvalue weighted by molar-refractivity contribution is -0.704. The molecule has 200 valence electrons. The molecule has 0 unspecified atom stereocenters. The minimum atomic E-state index is -0.104. The number of nitrogens with one attached hydrogen (secondary N) is 1. The summed E-state index contributed by atoms with van der Waals surface area (Å²) < 4.78 is 8.41. The number of carbonyl (C=O) groups is 1. The molecule has 0 fully saturated rings. The van der Waals surface area contributed by atoms with Crippen LogP contribution >= 0.6 is 0 Å². The summed E-state index contributed by atoms with van der Waals surface area (Å²) in [6, 6.07) is 12.0. The zero-order chi connectivity index (χ0) is 26.2. The van der Waals surface area contributed by atoms with Gasteiger partial charge in [0.1, 0.15) is 18.8 Å². The van der Waals surface area contributed by atoms with E-state index in [1.54, 1.807) is 0 Å². The lowest BCUT2D eigenvalue weighted by Gasteiger charge is -2.23. The Morgan fingerprint density at radius 1 is 0.861 bits per heavy atom. The summed E-state index contributed by atoms with van der Waals surface area (Å²) in [5.41, 5.74) is 2.78. The number of hydrogen-bond donors (Lipinski definition) is 1. The Morgan fingerprint density at radius 3 is 2.17 bits per heavy atom. The van der Waals surface area contributed by atoms with Crippen molar-refractivity contribution >= 4 is 5.91 Å². The van der Waals surface area contributed by atoms with E-state index >= 15 is 0 Å². The van der Waals surface area contributed by atoms with E-state index < -0.39 is 0 Å². The largest absolute Gasteiger partial charge is 0.493 e. The van der Waals surface area contributed by atoms with Gasteiger partial charge in [0.2, 0.25) is 5.69 Å². The van der Waals surface area contributed by atoms with Gasteiger partial charge in [0, 0.05) is 29.7 Å². The molecule has 0 bridgehead atoms. The van der Waals surface area contributed by atoms with Crippen molar-refractivity contribution in [3.63, 3.8) is 0 Å². The van der Waals surface area contributed by atoms with E-state index in [0.717, 1.165) is 43.0 Å². The summed E-state index contributed by atoms with van der Waals surface area (Å²) in [4.78, 5) is 13.0. The molecule has 1 N–H and O–H groups in total. The number of rotatable bonds is 17. The summed E-state index contributed by atoms with van der Waals surface area (Å²) in [6.45, 7) is 13.2. The molecule has 0 atom stereocenters. The van der Waals surface area contributed by atoms with E-state index in [2.05, 4.69) is 56.8 Å². The van der Waals surface area contributed by atoms with Gasteiger partial charge in [-0.05, 0) is 30.0 Å². The molecule has 0 saturated heterocycles. The average Bonchev–Trinajstić information content (AvgIpc) is 2.86. The zero-order valence-electron chi connectivity index (χ0n) is 23.7. The summed E-state index contributed by atoms with van der Waals surface area (Å²) in [6.07, 6.45) is 16.3. The number of pyridine rings is 1. The summed E-state index contributed by atoms with van der Waals surface area (Å²) >= 11 is 0. The van der Waals surface area contributed by atoms with E-state index in [4.69, 9.17) is 4.74 Å². The molecule has 2 rings (SSSR count). The van der Waals surface area contributed by atoms with Crippen molar-refractivity contribution < 1.29 is 14.1 Å². The minimum absolute atomic E-state index is 0.0476. The molecule has 2 aromatic rings. The Morgan fingerprint density at radius 2 is 1.53 bits per heavy atom. The van der Waals surface area contributed by atoms with Gasteiger partial charge in [-0.15, -0.1) is 0 Å². The Hall–Kier alpha value is -2.36. The number of nitrogens with zero attached hydrogens (tertiary/aromatic N) is 1. The Bertz CT molecular complexity index is 901. The molecule has 4 nitrogen and oxygen atoms in total. The number of unbranched alkanes of at least 4 members (excludes halogenated alkanes) is 9. The highest BCUT2D eigenvalue weighted by Crippen LogP contribution is 2.32. The smallest absolute Gasteiger partial charge is 0.251 e. The molecule has 0 saturated carbocycles. The fourth-order valence-corrected chi connectivity index (χ4v) is 4.56. The van der Waals surface area contributed by atoms with Gasteiger partial charge in [0.15, 0.2) is 6.20 Å². The monoisotopic (exact) mass is 495 g/mol. The lowest BCUT2D eigenvalue weighted by Crippen LogP contribution is -2.40. The fourth-order valence-electron chi connectivity index (χ4n) is 4.56. The van der Waals surface area contributed by atoms with Crippen LogP contribution in [0.1, 0.15) is 127 Å². The van der Waals surface area contributed by atoms with Crippen LogP contribution in [0.4, 0.5) is 0 Å². The van der Waals surface area contributed by atoms with E-state index in [1.807, 2.05) is 30.3 Å². The molecular weight excluding hydrogens is 444 g/mol. The molecule has 1 aromatic carbocycles. The van der Waals surface area contributed by atoms with Crippen molar-refractivity contribution in [3.05, 3.63) is 59.4 Å². The first-order valence-corrected chi connectivity index (χ1v) is 14.4. The molecule has 0 radical (unpaired) electrons. The van der Waals surface area contributed by atoms with Gasteiger partial charge >= 0.3 is 0 Å². The molecule has 0 aliphatic heterocycles. The van der Waals surface area contributed by atoms with Crippen LogP contribution in [0.3, 0.4) is 0 Å². The highest BCUT2D eigenvalue weighted by Gasteiger charge is 2.21. The predicted octanol–water partition coefficient (Wildman–Crippen LogP) is 7.91. The number of aromatic nitrogens is 1. The standard InChI is InChI=1S/C32H50N2O2/c1-6-8-9-10-11-12-13-14-15-18-24-36-30-21-20-27(25-29(30)32(3,4)5)31(35)33-26-28-19-16-17-23-34(28)22-7-2/h16-17,19-21,23,25H,6-15,18,22,24,26H2,1-5H3/p+1. The van der Waals surface area contributed by atoms with Crippen LogP contribution in [0.25, 0.3) is 0 Å². The maximum absolute atomic E-state index is 13.0. The quantitative estimate of drug-likeness (QED) is 0.179. The number of carbonyl (C=O) groups excluding carboxylic acids is 1. The highest BCUT2D eigenvalue weighted by molar-refractivity contribution is 5.94. The topological polar surface area (TPSA) is 42.2 Å². The third-order valence-corrected chi connectivity index (χ3v) is 6.73. The number of hydrogen-bond acceptors (Lipinski definition) is 2. The van der Waals surface area contributed by atoms with Crippen molar-refractivity contribution in [2.24, 2.45) is 0 Å². The zero-order valence-corrected chi connectivity index (χ0v) is 23.7. The van der Waals surface area contributed by atoms with Crippen LogP contribution in [0.5, 0.6) is 5.75 Å². The third-order valence-electron chi connectivity index (χ3n) is 6.73. The summed E-state index contributed by atoms with van der Waals surface area (Å²) in [5.74, 6) is 0.854. The van der Waals surface area contributed by atoms with Gasteiger partial charge < -0.3 is 10.1 Å². The van der Waals surface area contributed by atoms with Crippen LogP contribution in [-0.2, 0) is 18.5 Å². The van der Waals surface area contributed by atoms with Crippen LogP contribution in [0.15, 0.2) is 42.6 Å². The van der Waals surface area contributed by atoms with Crippen LogP contribution in [0.2, 0.25) is 0 Å². The van der Waals surface area contributed by atoms with E-state index in [0.29, 0.717) is 12.1 Å².